The van der Waals surface area contributed by atoms with Crippen LogP contribution < -0.4 is 15.8 Å². The third kappa shape index (κ3) is 3.53. The first kappa shape index (κ1) is 17.5. The smallest absolute Gasteiger partial charge is 0.313 e. The van der Waals surface area contributed by atoms with E-state index < -0.39 is 32.4 Å². The zero-order chi connectivity index (χ0) is 18.2. The van der Waals surface area contributed by atoms with Gasteiger partial charge in [-0.25, -0.2) is 0 Å². The molecule has 1 unspecified atom stereocenters. The number of hydrogen-bond donors (Lipinski definition) is 2. The van der Waals surface area contributed by atoms with Crippen molar-refractivity contribution < 1.29 is 21.8 Å². The molecule has 1 aromatic heterocycles. The summed E-state index contributed by atoms with van der Waals surface area (Å²) in [5.74, 6) is -1.50. The van der Waals surface area contributed by atoms with Crippen LogP contribution in [0.2, 0.25) is 5.02 Å². The molecule has 2 aromatic rings. The molecule has 0 saturated carbocycles. The summed E-state index contributed by atoms with van der Waals surface area (Å²) in [5, 5.41) is 1.72. The number of aromatic nitrogens is 2. The molecular weight excluding hydrogens is 376 g/mol. The van der Waals surface area contributed by atoms with Crippen LogP contribution in [-0.4, -0.2) is 22.9 Å². The van der Waals surface area contributed by atoms with Crippen molar-refractivity contribution in [1.29, 1.82) is 0 Å². The van der Waals surface area contributed by atoms with Crippen molar-refractivity contribution in [3.63, 3.8) is 0 Å². The van der Waals surface area contributed by atoms with E-state index in [1.807, 2.05) is 0 Å². The number of anilines is 1. The van der Waals surface area contributed by atoms with Gasteiger partial charge in [-0.1, -0.05) is 42.0 Å². The quantitative estimate of drug-likeness (QED) is 0.471. The number of benzene rings is 1. The van der Waals surface area contributed by atoms with Gasteiger partial charge in [0.2, 0.25) is 5.95 Å². The van der Waals surface area contributed by atoms with Crippen molar-refractivity contribution in [3.05, 3.63) is 63.4 Å². The van der Waals surface area contributed by atoms with E-state index >= 15 is 0 Å². The Morgan fingerprint density at radius 3 is 2.80 bits per heavy atom. The van der Waals surface area contributed by atoms with Gasteiger partial charge in [0.25, 0.3) is 10.1 Å². The van der Waals surface area contributed by atoms with E-state index in [4.69, 9.17) is 11.6 Å². The second kappa shape index (κ2) is 6.51. The maximum absolute atomic E-state index is 13.3. The fraction of sp³-hybridized carbons (Fsp3) is 0.0667. The van der Waals surface area contributed by atoms with Crippen molar-refractivity contribution in [2.24, 2.45) is 0 Å². The Labute approximate surface area is 145 Å². The van der Waals surface area contributed by atoms with Gasteiger partial charge >= 0.3 is 6.08 Å². The molecule has 129 valence electrons. The van der Waals surface area contributed by atoms with Crippen LogP contribution in [0.25, 0.3) is 12.3 Å². The minimum absolute atomic E-state index is 0.284. The molecular formula is C15H9ClF2N3O3S. The van der Waals surface area contributed by atoms with E-state index in [9.17, 15) is 21.8 Å². The van der Waals surface area contributed by atoms with E-state index in [2.05, 4.69) is 21.4 Å². The van der Waals surface area contributed by atoms with E-state index in [1.165, 1.54) is 18.3 Å². The molecule has 10 heteroatoms. The van der Waals surface area contributed by atoms with Crippen molar-refractivity contribution in [1.82, 2.24) is 9.97 Å². The van der Waals surface area contributed by atoms with Crippen LogP contribution in [0.5, 0.6) is 0 Å². The molecule has 0 saturated heterocycles. The summed E-state index contributed by atoms with van der Waals surface area (Å²) in [6.07, 6.45) is 5.57. The molecule has 0 aliphatic heterocycles. The van der Waals surface area contributed by atoms with Gasteiger partial charge in [0, 0.05) is 6.20 Å². The van der Waals surface area contributed by atoms with Crippen LogP contribution >= 0.6 is 11.6 Å². The SMILES string of the molecule is O=S(=O)(O)C1[C]=CC=c2c1cccc2=CNc1nc(F)nc(F)c1Cl. The number of allylic oxidation sites excluding steroid dienone is 1. The number of nitrogens with zero attached hydrogens (tertiary/aromatic N) is 2. The molecule has 25 heavy (non-hydrogen) atoms. The third-order valence-corrected chi connectivity index (χ3v) is 4.72. The minimum atomic E-state index is -4.38. The maximum Gasteiger partial charge on any atom is 0.313 e. The fourth-order valence-corrected chi connectivity index (χ4v) is 3.26. The highest BCUT2D eigenvalue weighted by Gasteiger charge is 2.25. The van der Waals surface area contributed by atoms with Crippen LogP contribution in [0.4, 0.5) is 14.6 Å². The number of hydrogen-bond acceptors (Lipinski definition) is 5. The molecule has 6 nitrogen and oxygen atoms in total. The Balaban J connectivity index is 2.10. The van der Waals surface area contributed by atoms with Gasteiger partial charge in [-0.05, 0) is 22.1 Å². The molecule has 1 atom stereocenters. The van der Waals surface area contributed by atoms with E-state index in [0.717, 1.165) is 0 Å². The van der Waals surface area contributed by atoms with Crippen molar-refractivity contribution >= 4 is 39.8 Å². The standard InChI is InChI=1S/C15H9ClF2N3O3S/c16-12-13(17)20-15(18)21-14(12)19-7-8-3-1-5-10-9(8)4-2-6-11(10)25(22,23)24/h1-5,7,11H,(H,19,20,21)(H,22,23,24). The number of fused-ring (bicyclic) bond motifs is 1. The Kier molecular flexibility index (Phi) is 4.55. The highest BCUT2D eigenvalue weighted by atomic mass is 35.5. The van der Waals surface area contributed by atoms with Crippen LogP contribution in [-0.2, 0) is 10.1 Å². The molecule has 1 aromatic carbocycles. The molecule has 1 radical (unpaired) electrons. The number of halogens is 3. The summed E-state index contributed by atoms with van der Waals surface area (Å²) >= 11 is 5.67. The number of rotatable bonds is 3. The molecule has 1 heterocycles. The maximum atomic E-state index is 13.3. The van der Waals surface area contributed by atoms with Crippen LogP contribution in [0, 0.1) is 18.1 Å². The minimum Gasteiger partial charge on any atom is -0.345 e. The lowest BCUT2D eigenvalue weighted by atomic mass is 10.0. The highest BCUT2D eigenvalue weighted by molar-refractivity contribution is 7.86. The fourth-order valence-electron chi connectivity index (χ4n) is 2.34. The average molecular weight is 385 g/mol. The molecule has 0 fully saturated rings. The monoisotopic (exact) mass is 384 g/mol. The summed E-state index contributed by atoms with van der Waals surface area (Å²) < 4.78 is 58.7. The first-order chi connectivity index (χ1) is 11.8. The van der Waals surface area contributed by atoms with Crippen molar-refractivity contribution in [3.8, 4) is 0 Å². The largest absolute Gasteiger partial charge is 0.345 e. The van der Waals surface area contributed by atoms with Crippen LogP contribution in [0.1, 0.15) is 10.8 Å². The lowest BCUT2D eigenvalue weighted by Gasteiger charge is -2.13. The molecule has 2 N–H and O–H groups in total. The van der Waals surface area contributed by atoms with Gasteiger partial charge < -0.3 is 5.32 Å². The Morgan fingerprint density at radius 1 is 1.32 bits per heavy atom. The van der Waals surface area contributed by atoms with Crippen molar-refractivity contribution in [2.75, 3.05) is 5.32 Å². The van der Waals surface area contributed by atoms with Gasteiger partial charge in [0.1, 0.15) is 10.3 Å². The Morgan fingerprint density at radius 2 is 2.08 bits per heavy atom. The first-order valence-electron chi connectivity index (χ1n) is 6.77. The van der Waals surface area contributed by atoms with E-state index in [0.29, 0.717) is 16.0 Å². The summed E-state index contributed by atoms with van der Waals surface area (Å²) in [6, 6.07) is 4.72. The number of nitrogens with one attached hydrogen (secondary N) is 1. The molecule has 3 rings (SSSR count). The van der Waals surface area contributed by atoms with E-state index in [1.54, 1.807) is 18.2 Å². The first-order valence-corrected chi connectivity index (χ1v) is 8.65. The molecule has 0 bridgehead atoms. The average Bonchev–Trinajstić information content (AvgIpc) is 2.55. The third-order valence-electron chi connectivity index (χ3n) is 3.40. The summed E-state index contributed by atoms with van der Waals surface area (Å²) in [5.41, 5.74) is 0.312. The van der Waals surface area contributed by atoms with Gasteiger partial charge in [0.05, 0.1) is 0 Å². The normalized spacial score (nSPS) is 17.1. The predicted molar refractivity (Wildman–Crippen MR) is 87.3 cm³/mol. The lowest BCUT2D eigenvalue weighted by Crippen LogP contribution is -2.33. The van der Waals surface area contributed by atoms with E-state index in [-0.39, 0.29) is 5.82 Å². The second-order valence-electron chi connectivity index (χ2n) is 4.98. The second-order valence-corrected chi connectivity index (χ2v) is 6.86. The summed E-state index contributed by atoms with van der Waals surface area (Å²) in [4.78, 5) is 6.21. The lowest BCUT2D eigenvalue weighted by molar-refractivity contribution is 0.475. The van der Waals surface area contributed by atoms with Gasteiger partial charge in [-0.2, -0.15) is 27.2 Å². The molecule has 1 aliphatic rings. The van der Waals surface area contributed by atoms with Crippen molar-refractivity contribution in [2.45, 2.75) is 5.25 Å². The highest BCUT2D eigenvalue weighted by Crippen LogP contribution is 2.22. The van der Waals surface area contributed by atoms with Gasteiger partial charge in [-0.15, -0.1) is 0 Å². The summed E-state index contributed by atoms with van der Waals surface area (Å²) in [7, 11) is -4.38. The topological polar surface area (TPSA) is 92.2 Å². The van der Waals surface area contributed by atoms with Crippen LogP contribution in [0.3, 0.4) is 0 Å². The zero-order valence-corrected chi connectivity index (χ0v) is 13.8. The summed E-state index contributed by atoms with van der Waals surface area (Å²) in [6.45, 7) is 0. The predicted octanol–water partition coefficient (Wildman–Crippen LogP) is 1.34. The Hall–Kier alpha value is -2.36. The zero-order valence-electron chi connectivity index (χ0n) is 12.2. The van der Waals surface area contributed by atoms with Gasteiger partial charge in [-0.3, -0.25) is 4.55 Å². The molecule has 0 amide bonds. The van der Waals surface area contributed by atoms with Gasteiger partial charge in [0.15, 0.2) is 5.82 Å². The molecule has 1 aliphatic carbocycles. The Bertz CT molecular complexity index is 1100. The van der Waals surface area contributed by atoms with Crippen LogP contribution in [0.15, 0.2) is 24.3 Å². The molecule has 0 spiro atoms.